The number of hydrogen-bond donors (Lipinski definition) is 1. The number of nitrogens with one attached hydrogen (secondary N) is 1. The zero-order chi connectivity index (χ0) is 12.3. The van der Waals surface area contributed by atoms with Gasteiger partial charge < -0.3 is 10.1 Å². The van der Waals surface area contributed by atoms with Crippen LogP contribution in [0, 0.1) is 0 Å². The van der Waals surface area contributed by atoms with Gasteiger partial charge in [0.1, 0.15) is 11.9 Å². The number of rotatable bonds is 2. The van der Waals surface area contributed by atoms with E-state index in [-0.39, 0.29) is 11.9 Å². The molecule has 2 heterocycles. The summed E-state index contributed by atoms with van der Waals surface area (Å²) in [6, 6.07) is 0.995. The van der Waals surface area contributed by atoms with Crippen LogP contribution in [0.3, 0.4) is 0 Å². The molecule has 0 bridgehead atoms. The average molecular weight is 246 g/mol. The van der Waals surface area contributed by atoms with Crippen molar-refractivity contribution in [3.05, 3.63) is 24.0 Å². The van der Waals surface area contributed by atoms with Gasteiger partial charge in [0.2, 0.25) is 0 Å². The Morgan fingerprint density at radius 1 is 1.24 bits per heavy atom. The fourth-order valence-corrected chi connectivity index (χ4v) is 1.74. The van der Waals surface area contributed by atoms with Crippen molar-refractivity contribution in [2.75, 3.05) is 13.1 Å². The number of nitrogens with zero attached hydrogens (tertiary/aromatic N) is 1. The Hall–Kier alpha value is -1.30. The lowest BCUT2D eigenvalue weighted by Gasteiger charge is -2.23. The van der Waals surface area contributed by atoms with Crippen LogP contribution in [0.4, 0.5) is 13.2 Å². The second-order valence-electron chi connectivity index (χ2n) is 3.97. The highest BCUT2D eigenvalue weighted by atomic mass is 19.4. The summed E-state index contributed by atoms with van der Waals surface area (Å²) in [5.74, 6) is 0.187. The monoisotopic (exact) mass is 246 g/mol. The number of pyridine rings is 1. The molecule has 0 aliphatic carbocycles. The zero-order valence-corrected chi connectivity index (χ0v) is 9.13. The summed E-state index contributed by atoms with van der Waals surface area (Å²) in [4.78, 5) is 3.56. The molecule has 6 heteroatoms. The van der Waals surface area contributed by atoms with Gasteiger partial charge in [-0.25, -0.2) is 0 Å². The van der Waals surface area contributed by atoms with E-state index in [0.29, 0.717) is 0 Å². The predicted octanol–water partition coefficient (Wildman–Crippen LogP) is 2.23. The third-order valence-electron chi connectivity index (χ3n) is 2.63. The van der Waals surface area contributed by atoms with Gasteiger partial charge in [-0.05, 0) is 32.0 Å². The van der Waals surface area contributed by atoms with E-state index in [1.807, 2.05) is 0 Å². The number of aromatic nitrogens is 1. The molecule has 0 atom stereocenters. The van der Waals surface area contributed by atoms with Crippen molar-refractivity contribution >= 4 is 0 Å². The molecule has 17 heavy (non-hydrogen) atoms. The number of hydrogen-bond acceptors (Lipinski definition) is 3. The Bertz CT molecular complexity index is 375. The van der Waals surface area contributed by atoms with Crippen molar-refractivity contribution in [3.63, 3.8) is 0 Å². The third-order valence-corrected chi connectivity index (χ3v) is 2.63. The highest BCUT2D eigenvalue weighted by Gasteiger charge is 2.31. The second kappa shape index (κ2) is 4.91. The molecule has 1 aliphatic rings. The Kier molecular flexibility index (Phi) is 3.51. The normalized spacial score (nSPS) is 18.1. The van der Waals surface area contributed by atoms with E-state index >= 15 is 0 Å². The molecule has 0 saturated carbocycles. The van der Waals surface area contributed by atoms with Crippen molar-refractivity contribution in [1.29, 1.82) is 0 Å². The predicted molar refractivity (Wildman–Crippen MR) is 55.8 cm³/mol. The van der Waals surface area contributed by atoms with Crippen LogP contribution >= 0.6 is 0 Å². The molecule has 1 fully saturated rings. The Balaban J connectivity index is 2.05. The second-order valence-corrected chi connectivity index (χ2v) is 3.97. The SMILES string of the molecule is FC(F)(F)c1cncc(OC2CCNCC2)c1. The minimum Gasteiger partial charge on any atom is -0.489 e. The maximum Gasteiger partial charge on any atom is 0.418 e. The van der Waals surface area contributed by atoms with Crippen LogP contribution in [0.1, 0.15) is 18.4 Å². The van der Waals surface area contributed by atoms with E-state index in [9.17, 15) is 13.2 Å². The fraction of sp³-hybridized carbons (Fsp3) is 0.545. The maximum absolute atomic E-state index is 12.4. The lowest BCUT2D eigenvalue weighted by atomic mass is 10.1. The van der Waals surface area contributed by atoms with Gasteiger partial charge in [0.15, 0.2) is 0 Å². The Morgan fingerprint density at radius 3 is 2.59 bits per heavy atom. The van der Waals surface area contributed by atoms with Crippen LogP contribution in [0.25, 0.3) is 0 Å². The average Bonchev–Trinajstić information content (AvgIpc) is 2.29. The first-order valence-corrected chi connectivity index (χ1v) is 5.45. The summed E-state index contributed by atoms with van der Waals surface area (Å²) in [6.45, 7) is 1.66. The van der Waals surface area contributed by atoms with Gasteiger partial charge in [-0.1, -0.05) is 0 Å². The smallest absolute Gasteiger partial charge is 0.418 e. The van der Waals surface area contributed by atoms with Gasteiger partial charge in [0, 0.05) is 6.20 Å². The molecule has 0 aromatic carbocycles. The molecule has 1 N–H and O–H groups in total. The molecule has 0 unspecified atom stereocenters. The summed E-state index contributed by atoms with van der Waals surface area (Å²) in [5, 5.41) is 3.16. The molecule has 1 saturated heterocycles. The zero-order valence-electron chi connectivity index (χ0n) is 9.13. The van der Waals surface area contributed by atoms with Gasteiger partial charge in [-0.2, -0.15) is 13.2 Å². The van der Waals surface area contributed by atoms with Crippen LogP contribution in [-0.2, 0) is 6.18 Å². The van der Waals surface area contributed by atoms with Crippen molar-refractivity contribution in [2.45, 2.75) is 25.1 Å². The number of halogens is 3. The lowest BCUT2D eigenvalue weighted by molar-refractivity contribution is -0.138. The minimum atomic E-state index is -4.37. The van der Waals surface area contributed by atoms with Gasteiger partial charge in [-0.3, -0.25) is 4.98 Å². The van der Waals surface area contributed by atoms with Gasteiger partial charge >= 0.3 is 6.18 Å². The Labute approximate surface area is 97.0 Å². The summed E-state index contributed by atoms with van der Waals surface area (Å²) in [6.07, 6.45) is -0.680. The first kappa shape index (κ1) is 12.2. The van der Waals surface area contributed by atoms with Crippen molar-refractivity contribution in [3.8, 4) is 5.75 Å². The van der Waals surface area contributed by atoms with Crippen LogP contribution in [-0.4, -0.2) is 24.2 Å². The van der Waals surface area contributed by atoms with Gasteiger partial charge in [0.25, 0.3) is 0 Å². The maximum atomic E-state index is 12.4. The van der Waals surface area contributed by atoms with Crippen LogP contribution in [0.2, 0.25) is 0 Å². The lowest BCUT2D eigenvalue weighted by Crippen LogP contribution is -2.34. The van der Waals surface area contributed by atoms with Crippen LogP contribution < -0.4 is 10.1 Å². The molecule has 1 aromatic rings. The first-order chi connectivity index (χ1) is 8.05. The van der Waals surface area contributed by atoms with Crippen molar-refractivity contribution in [2.24, 2.45) is 0 Å². The van der Waals surface area contributed by atoms with Gasteiger partial charge in [0.05, 0.1) is 11.8 Å². The van der Waals surface area contributed by atoms with Crippen molar-refractivity contribution in [1.82, 2.24) is 10.3 Å². The Morgan fingerprint density at radius 2 is 1.94 bits per heavy atom. The highest BCUT2D eigenvalue weighted by molar-refractivity contribution is 5.25. The molecule has 0 radical (unpaired) electrons. The van der Waals surface area contributed by atoms with Crippen LogP contribution in [0.15, 0.2) is 18.5 Å². The summed E-state index contributed by atoms with van der Waals surface area (Å²) in [7, 11) is 0. The molecule has 1 aliphatic heterocycles. The number of piperidine rings is 1. The van der Waals surface area contributed by atoms with E-state index < -0.39 is 11.7 Å². The van der Waals surface area contributed by atoms with E-state index in [1.165, 1.54) is 6.20 Å². The standard InChI is InChI=1S/C11H13F3N2O/c12-11(13,14)8-5-10(7-16-6-8)17-9-1-3-15-4-2-9/h5-7,9,15H,1-4H2. The summed E-state index contributed by atoms with van der Waals surface area (Å²) >= 11 is 0. The summed E-state index contributed by atoms with van der Waals surface area (Å²) in [5.41, 5.74) is -0.774. The molecule has 1 aromatic heterocycles. The highest BCUT2D eigenvalue weighted by Crippen LogP contribution is 2.31. The first-order valence-electron chi connectivity index (χ1n) is 5.45. The van der Waals surface area contributed by atoms with Gasteiger partial charge in [-0.15, -0.1) is 0 Å². The van der Waals surface area contributed by atoms with E-state index in [1.54, 1.807) is 0 Å². The molecule has 3 nitrogen and oxygen atoms in total. The molecular weight excluding hydrogens is 233 g/mol. The third kappa shape index (κ3) is 3.33. The largest absolute Gasteiger partial charge is 0.489 e. The molecule has 0 amide bonds. The quantitative estimate of drug-likeness (QED) is 0.868. The van der Waals surface area contributed by atoms with E-state index in [4.69, 9.17) is 4.74 Å². The molecule has 0 spiro atoms. The van der Waals surface area contributed by atoms with E-state index in [0.717, 1.165) is 38.2 Å². The molecule has 2 rings (SSSR count). The molecule has 94 valence electrons. The fourth-order valence-electron chi connectivity index (χ4n) is 1.74. The number of ether oxygens (including phenoxy) is 1. The molecular formula is C11H13F3N2O. The number of alkyl halides is 3. The topological polar surface area (TPSA) is 34.1 Å². The summed E-state index contributed by atoms with van der Waals surface area (Å²) < 4.78 is 42.8. The van der Waals surface area contributed by atoms with Crippen molar-refractivity contribution < 1.29 is 17.9 Å². The van der Waals surface area contributed by atoms with Crippen LogP contribution in [0.5, 0.6) is 5.75 Å². The minimum absolute atomic E-state index is 0.0264. The van der Waals surface area contributed by atoms with E-state index in [2.05, 4.69) is 10.3 Å².